The molecule has 0 aromatic heterocycles. The van der Waals surface area contributed by atoms with E-state index >= 15 is 0 Å². The first kappa shape index (κ1) is 21.6. The third kappa shape index (κ3) is 6.20. The molecular formula is C23H32N3O2+. The Hall–Kier alpha value is -2.66. The summed E-state index contributed by atoms with van der Waals surface area (Å²) >= 11 is 0. The van der Waals surface area contributed by atoms with Crippen molar-refractivity contribution in [2.24, 2.45) is 0 Å². The second-order valence-corrected chi connectivity index (χ2v) is 7.49. The third-order valence-corrected chi connectivity index (χ3v) is 5.07. The standard InChI is InChI=1S/C23H31N3O2/c1-6-19-10-12-20(13-11-19)18(4)24-22(27)14-26(5)15-23(28)25-21-9-7-8-16(2)17(21)3/h7-13,18H,6,14-15H2,1-5H3,(H,24,27)(H,25,28)/p+1/t18-/m0/s1. The summed E-state index contributed by atoms with van der Waals surface area (Å²) in [5.74, 6) is -0.161. The number of anilines is 1. The number of carbonyl (C=O) groups excluding carboxylic acids is 2. The number of likely N-dealkylation sites (N-methyl/N-ethyl adjacent to an activating group) is 1. The van der Waals surface area contributed by atoms with E-state index in [1.807, 2.05) is 46.0 Å². The molecule has 0 radical (unpaired) electrons. The zero-order chi connectivity index (χ0) is 20.7. The number of benzene rings is 2. The molecule has 0 saturated carbocycles. The first-order chi connectivity index (χ1) is 13.3. The molecule has 0 spiro atoms. The van der Waals surface area contributed by atoms with E-state index in [1.165, 1.54) is 5.56 Å². The summed E-state index contributed by atoms with van der Waals surface area (Å²) in [7, 11) is 1.85. The fourth-order valence-electron chi connectivity index (χ4n) is 3.11. The van der Waals surface area contributed by atoms with Gasteiger partial charge in [-0.25, -0.2) is 0 Å². The fourth-order valence-corrected chi connectivity index (χ4v) is 3.11. The number of hydrogen-bond acceptors (Lipinski definition) is 2. The SMILES string of the molecule is CCc1ccc([C@H](C)NC(=O)C[NH+](C)CC(=O)Nc2cccc(C)c2C)cc1. The lowest BCUT2D eigenvalue weighted by molar-refractivity contribution is -0.862. The van der Waals surface area contributed by atoms with Gasteiger partial charge in [0.25, 0.3) is 11.8 Å². The van der Waals surface area contributed by atoms with Gasteiger partial charge in [-0.3, -0.25) is 9.59 Å². The van der Waals surface area contributed by atoms with Crippen molar-refractivity contribution in [1.29, 1.82) is 0 Å². The summed E-state index contributed by atoms with van der Waals surface area (Å²) in [5.41, 5.74) is 5.39. The van der Waals surface area contributed by atoms with Crippen molar-refractivity contribution in [3.05, 3.63) is 64.7 Å². The van der Waals surface area contributed by atoms with Crippen LogP contribution in [0.2, 0.25) is 0 Å². The quantitative estimate of drug-likeness (QED) is 0.655. The number of rotatable bonds is 8. The van der Waals surface area contributed by atoms with E-state index in [0.29, 0.717) is 0 Å². The summed E-state index contributed by atoms with van der Waals surface area (Å²) in [6, 6.07) is 14.1. The molecule has 2 atom stereocenters. The van der Waals surface area contributed by atoms with Gasteiger partial charge in [0.05, 0.1) is 13.1 Å². The summed E-state index contributed by atoms with van der Waals surface area (Å²) in [6.07, 6.45) is 0.999. The van der Waals surface area contributed by atoms with Crippen molar-refractivity contribution < 1.29 is 14.5 Å². The van der Waals surface area contributed by atoms with Crippen molar-refractivity contribution in [3.8, 4) is 0 Å². The van der Waals surface area contributed by atoms with Crippen LogP contribution in [0.4, 0.5) is 5.69 Å². The minimum atomic E-state index is -0.0952. The van der Waals surface area contributed by atoms with Crippen molar-refractivity contribution in [2.45, 2.75) is 40.2 Å². The smallest absolute Gasteiger partial charge is 0.279 e. The summed E-state index contributed by atoms with van der Waals surface area (Å²) in [6.45, 7) is 8.59. The van der Waals surface area contributed by atoms with Crippen LogP contribution < -0.4 is 15.5 Å². The van der Waals surface area contributed by atoms with Crippen LogP contribution in [-0.4, -0.2) is 32.0 Å². The van der Waals surface area contributed by atoms with Gasteiger partial charge < -0.3 is 15.5 Å². The van der Waals surface area contributed by atoms with Crippen molar-refractivity contribution in [1.82, 2.24) is 5.32 Å². The molecule has 0 aliphatic carbocycles. The molecule has 2 amide bonds. The molecule has 1 unspecified atom stereocenters. The van der Waals surface area contributed by atoms with E-state index in [-0.39, 0.29) is 30.9 Å². The highest BCUT2D eigenvalue weighted by molar-refractivity contribution is 5.92. The molecule has 5 heteroatoms. The maximum Gasteiger partial charge on any atom is 0.279 e. The molecule has 2 aromatic carbocycles. The fraction of sp³-hybridized carbons (Fsp3) is 0.391. The lowest BCUT2D eigenvalue weighted by atomic mass is 10.1. The molecule has 5 nitrogen and oxygen atoms in total. The first-order valence-corrected chi connectivity index (χ1v) is 9.85. The van der Waals surface area contributed by atoms with Gasteiger partial charge in [-0.05, 0) is 55.5 Å². The van der Waals surface area contributed by atoms with Crippen molar-refractivity contribution in [2.75, 3.05) is 25.5 Å². The van der Waals surface area contributed by atoms with Crippen LogP contribution in [0.1, 0.15) is 42.1 Å². The van der Waals surface area contributed by atoms with Crippen molar-refractivity contribution in [3.63, 3.8) is 0 Å². The van der Waals surface area contributed by atoms with Gasteiger partial charge in [0, 0.05) is 5.69 Å². The topological polar surface area (TPSA) is 62.6 Å². The average molecular weight is 383 g/mol. The van der Waals surface area contributed by atoms with E-state index < -0.39 is 0 Å². The van der Waals surface area contributed by atoms with Crippen LogP contribution in [0.5, 0.6) is 0 Å². The average Bonchev–Trinajstić information content (AvgIpc) is 2.65. The zero-order valence-electron chi connectivity index (χ0n) is 17.6. The van der Waals surface area contributed by atoms with E-state index in [4.69, 9.17) is 0 Å². The highest BCUT2D eigenvalue weighted by Gasteiger charge is 2.17. The molecule has 0 heterocycles. The Labute approximate surface area is 168 Å². The first-order valence-electron chi connectivity index (χ1n) is 9.85. The summed E-state index contributed by atoms with van der Waals surface area (Å²) in [5, 5.41) is 5.95. The molecule has 150 valence electrons. The van der Waals surface area contributed by atoms with E-state index in [9.17, 15) is 9.59 Å². The highest BCUT2D eigenvalue weighted by Crippen LogP contribution is 2.17. The molecule has 0 bridgehead atoms. The van der Waals surface area contributed by atoms with E-state index in [0.717, 1.165) is 33.7 Å². The minimum Gasteiger partial charge on any atom is -0.345 e. The van der Waals surface area contributed by atoms with Gasteiger partial charge in [-0.15, -0.1) is 0 Å². The highest BCUT2D eigenvalue weighted by atomic mass is 16.2. The largest absolute Gasteiger partial charge is 0.345 e. The number of quaternary nitrogens is 1. The van der Waals surface area contributed by atoms with Crippen LogP contribution in [-0.2, 0) is 16.0 Å². The van der Waals surface area contributed by atoms with E-state index in [2.05, 4.69) is 41.8 Å². The molecule has 28 heavy (non-hydrogen) atoms. The lowest BCUT2D eigenvalue weighted by Crippen LogP contribution is -3.11. The molecule has 0 saturated heterocycles. The molecular weight excluding hydrogens is 350 g/mol. The molecule has 0 aliphatic rings. The number of hydrogen-bond donors (Lipinski definition) is 3. The third-order valence-electron chi connectivity index (χ3n) is 5.07. The molecule has 3 N–H and O–H groups in total. The van der Waals surface area contributed by atoms with Gasteiger partial charge in [0.15, 0.2) is 13.1 Å². The van der Waals surface area contributed by atoms with Crippen LogP contribution in [0, 0.1) is 13.8 Å². The van der Waals surface area contributed by atoms with Crippen LogP contribution in [0.25, 0.3) is 0 Å². The Morgan fingerprint density at radius 2 is 1.64 bits per heavy atom. The maximum atomic E-state index is 12.3. The Kier molecular flexibility index (Phi) is 7.76. The zero-order valence-corrected chi connectivity index (χ0v) is 17.6. The second kappa shape index (κ2) is 10.0. The Morgan fingerprint density at radius 3 is 2.29 bits per heavy atom. The van der Waals surface area contributed by atoms with E-state index in [1.54, 1.807) is 0 Å². The minimum absolute atomic E-state index is 0.0602. The summed E-state index contributed by atoms with van der Waals surface area (Å²) in [4.78, 5) is 25.5. The maximum absolute atomic E-state index is 12.3. The Bertz CT molecular complexity index is 815. The number of carbonyl (C=O) groups is 2. The van der Waals surface area contributed by atoms with Crippen LogP contribution >= 0.6 is 0 Å². The number of aryl methyl sites for hydroxylation is 2. The number of nitrogens with one attached hydrogen (secondary N) is 3. The normalized spacial score (nSPS) is 12.9. The van der Waals surface area contributed by atoms with Crippen LogP contribution in [0.15, 0.2) is 42.5 Å². The number of amides is 2. The Balaban J connectivity index is 1.82. The molecule has 2 rings (SSSR count). The van der Waals surface area contributed by atoms with Gasteiger partial charge in [-0.1, -0.05) is 43.3 Å². The predicted molar refractivity (Wildman–Crippen MR) is 114 cm³/mol. The molecule has 0 aliphatic heterocycles. The van der Waals surface area contributed by atoms with Gasteiger partial charge in [-0.2, -0.15) is 0 Å². The van der Waals surface area contributed by atoms with Gasteiger partial charge in [0.1, 0.15) is 0 Å². The van der Waals surface area contributed by atoms with Crippen molar-refractivity contribution >= 4 is 17.5 Å². The van der Waals surface area contributed by atoms with Gasteiger partial charge in [0.2, 0.25) is 0 Å². The van der Waals surface area contributed by atoms with Crippen LogP contribution in [0.3, 0.4) is 0 Å². The Morgan fingerprint density at radius 1 is 1.00 bits per heavy atom. The lowest BCUT2D eigenvalue weighted by Gasteiger charge is -2.18. The van der Waals surface area contributed by atoms with Gasteiger partial charge >= 0.3 is 0 Å². The molecule has 2 aromatic rings. The monoisotopic (exact) mass is 382 g/mol. The molecule has 0 fully saturated rings. The predicted octanol–water partition coefficient (Wildman–Crippen LogP) is 2.20. The second-order valence-electron chi connectivity index (χ2n) is 7.49. The summed E-state index contributed by atoms with van der Waals surface area (Å²) < 4.78 is 0.